The monoisotopic (exact) mass is 224 g/mol. The second kappa shape index (κ2) is 4.55. The van der Waals surface area contributed by atoms with Gasteiger partial charge < -0.3 is 9.84 Å². The summed E-state index contributed by atoms with van der Waals surface area (Å²) in [6, 6.07) is 0. The van der Waals surface area contributed by atoms with Crippen LogP contribution in [0.15, 0.2) is 0 Å². The van der Waals surface area contributed by atoms with Crippen LogP contribution in [0.5, 0.6) is 5.88 Å². The number of aliphatic carboxylic acids is 1. The highest BCUT2D eigenvalue weighted by Crippen LogP contribution is 2.26. The van der Waals surface area contributed by atoms with E-state index in [1.54, 1.807) is 0 Å². The molecule has 88 valence electrons. The van der Waals surface area contributed by atoms with Crippen molar-refractivity contribution >= 4 is 5.97 Å². The lowest BCUT2D eigenvalue weighted by molar-refractivity contribution is -0.136. The number of H-pyrrole nitrogens is 1. The normalized spacial score (nSPS) is 16.6. The number of ether oxygens (including phenoxy) is 1. The molecule has 0 aromatic carbocycles. The topological polar surface area (TPSA) is 75.2 Å². The van der Waals surface area contributed by atoms with Crippen LogP contribution in [0, 0.1) is 6.92 Å². The lowest BCUT2D eigenvalue weighted by atomic mass is 10.2. The van der Waals surface area contributed by atoms with Gasteiger partial charge in [0.2, 0.25) is 5.88 Å². The molecule has 1 aromatic heterocycles. The first-order valence-corrected chi connectivity index (χ1v) is 5.59. The maximum absolute atomic E-state index is 10.7. The first-order chi connectivity index (χ1) is 7.66. The molecule has 1 fully saturated rings. The molecular formula is C11H16N2O3. The Labute approximate surface area is 93.8 Å². The fraction of sp³-hybridized carbons (Fsp3) is 0.636. The number of rotatable bonds is 4. The van der Waals surface area contributed by atoms with E-state index >= 15 is 0 Å². The summed E-state index contributed by atoms with van der Waals surface area (Å²) >= 11 is 0. The smallest absolute Gasteiger partial charge is 0.308 e. The first-order valence-electron chi connectivity index (χ1n) is 5.59. The Bertz CT molecular complexity index is 381. The fourth-order valence-corrected chi connectivity index (χ4v) is 2.05. The van der Waals surface area contributed by atoms with E-state index in [9.17, 15) is 4.79 Å². The Hall–Kier alpha value is -1.52. The van der Waals surface area contributed by atoms with Crippen LogP contribution in [0.3, 0.4) is 0 Å². The highest BCUT2D eigenvalue weighted by atomic mass is 16.5. The molecular weight excluding hydrogens is 208 g/mol. The van der Waals surface area contributed by atoms with E-state index in [-0.39, 0.29) is 12.5 Å². The number of hydrogen-bond donors (Lipinski definition) is 2. The number of carboxylic acid groups (broad SMARTS) is 1. The van der Waals surface area contributed by atoms with Crippen molar-refractivity contribution < 1.29 is 14.6 Å². The standard InChI is InChI=1S/C11H16N2O3/c1-7-9(6-10(14)15)11(13-12-7)16-8-4-2-3-5-8/h8H,2-6H2,1H3,(H,12,13)(H,14,15). The summed E-state index contributed by atoms with van der Waals surface area (Å²) < 4.78 is 5.72. The molecule has 1 aliphatic carbocycles. The summed E-state index contributed by atoms with van der Waals surface area (Å²) in [4.78, 5) is 10.7. The Morgan fingerprint density at radius 1 is 1.56 bits per heavy atom. The number of carboxylic acids is 1. The van der Waals surface area contributed by atoms with Crippen molar-refractivity contribution in [2.24, 2.45) is 0 Å². The van der Waals surface area contributed by atoms with Crippen molar-refractivity contribution in [3.8, 4) is 5.88 Å². The molecule has 0 unspecified atom stereocenters. The second-order valence-corrected chi connectivity index (χ2v) is 4.23. The zero-order chi connectivity index (χ0) is 11.5. The predicted octanol–water partition coefficient (Wildman–Crippen LogP) is 1.67. The van der Waals surface area contributed by atoms with Crippen molar-refractivity contribution in [3.63, 3.8) is 0 Å². The van der Waals surface area contributed by atoms with E-state index < -0.39 is 5.97 Å². The summed E-state index contributed by atoms with van der Waals surface area (Å²) in [6.45, 7) is 1.81. The highest BCUT2D eigenvalue weighted by molar-refractivity contribution is 5.71. The minimum atomic E-state index is -0.860. The maximum atomic E-state index is 10.7. The summed E-state index contributed by atoms with van der Waals surface area (Å²) in [6.07, 6.45) is 4.61. The van der Waals surface area contributed by atoms with Crippen LogP contribution >= 0.6 is 0 Å². The summed E-state index contributed by atoms with van der Waals surface area (Å²) in [7, 11) is 0. The average Bonchev–Trinajstić information content (AvgIpc) is 2.82. The highest BCUT2D eigenvalue weighted by Gasteiger charge is 2.21. The Kier molecular flexibility index (Phi) is 3.12. The molecule has 5 nitrogen and oxygen atoms in total. The largest absolute Gasteiger partial charge is 0.481 e. The third-order valence-electron chi connectivity index (χ3n) is 2.94. The van der Waals surface area contributed by atoms with Gasteiger partial charge in [-0.1, -0.05) is 0 Å². The van der Waals surface area contributed by atoms with Crippen LogP contribution in [0.2, 0.25) is 0 Å². The molecule has 1 saturated carbocycles. The molecule has 2 rings (SSSR count). The summed E-state index contributed by atoms with van der Waals surface area (Å²) in [5, 5.41) is 15.6. The summed E-state index contributed by atoms with van der Waals surface area (Å²) in [5.74, 6) is -0.396. The summed E-state index contributed by atoms with van der Waals surface area (Å²) in [5.41, 5.74) is 1.44. The Balaban J connectivity index is 2.10. The zero-order valence-electron chi connectivity index (χ0n) is 9.32. The van der Waals surface area contributed by atoms with Gasteiger partial charge in [0.15, 0.2) is 0 Å². The lowest BCUT2D eigenvalue weighted by Gasteiger charge is -2.11. The van der Waals surface area contributed by atoms with E-state index in [0.29, 0.717) is 11.4 Å². The van der Waals surface area contributed by atoms with Crippen LogP contribution in [0.25, 0.3) is 0 Å². The van der Waals surface area contributed by atoms with Crippen LogP contribution in [-0.2, 0) is 11.2 Å². The zero-order valence-corrected chi connectivity index (χ0v) is 9.32. The Morgan fingerprint density at radius 3 is 2.88 bits per heavy atom. The molecule has 0 radical (unpaired) electrons. The molecule has 16 heavy (non-hydrogen) atoms. The minimum absolute atomic E-state index is 0.0373. The molecule has 0 spiro atoms. The van der Waals surface area contributed by atoms with Crippen molar-refractivity contribution in [1.29, 1.82) is 0 Å². The number of nitrogens with zero attached hydrogens (tertiary/aromatic N) is 1. The minimum Gasteiger partial charge on any atom is -0.481 e. The molecule has 0 saturated heterocycles. The van der Waals surface area contributed by atoms with Gasteiger partial charge in [0.05, 0.1) is 6.42 Å². The van der Waals surface area contributed by atoms with Gasteiger partial charge in [0.1, 0.15) is 6.10 Å². The molecule has 0 amide bonds. The van der Waals surface area contributed by atoms with Gasteiger partial charge in [-0.05, 0) is 32.6 Å². The second-order valence-electron chi connectivity index (χ2n) is 4.23. The first kappa shape index (κ1) is 11.0. The van der Waals surface area contributed by atoms with Crippen LogP contribution < -0.4 is 4.74 Å². The van der Waals surface area contributed by atoms with Gasteiger partial charge in [-0.25, -0.2) is 0 Å². The number of aryl methyl sites for hydroxylation is 1. The SMILES string of the molecule is Cc1[nH]nc(OC2CCCC2)c1CC(=O)O. The predicted molar refractivity (Wildman–Crippen MR) is 57.5 cm³/mol. The van der Waals surface area contributed by atoms with Gasteiger partial charge in [-0.3, -0.25) is 9.89 Å². The van der Waals surface area contributed by atoms with Crippen molar-refractivity contribution in [3.05, 3.63) is 11.3 Å². The van der Waals surface area contributed by atoms with E-state index in [2.05, 4.69) is 10.2 Å². The number of aromatic amines is 1. The third kappa shape index (κ3) is 2.35. The van der Waals surface area contributed by atoms with Crippen LogP contribution in [0.1, 0.15) is 36.9 Å². The molecule has 1 aliphatic rings. The maximum Gasteiger partial charge on any atom is 0.308 e. The van der Waals surface area contributed by atoms with Gasteiger partial charge in [0.25, 0.3) is 0 Å². The number of hydrogen-bond acceptors (Lipinski definition) is 3. The number of carbonyl (C=O) groups is 1. The van der Waals surface area contributed by atoms with Gasteiger partial charge in [0, 0.05) is 11.3 Å². The molecule has 1 heterocycles. The quantitative estimate of drug-likeness (QED) is 0.815. The fourth-order valence-electron chi connectivity index (χ4n) is 2.05. The van der Waals surface area contributed by atoms with Gasteiger partial charge in [-0.15, -0.1) is 5.10 Å². The molecule has 0 atom stereocenters. The van der Waals surface area contributed by atoms with Crippen molar-refractivity contribution in [2.45, 2.75) is 45.1 Å². The number of aromatic nitrogens is 2. The molecule has 0 bridgehead atoms. The molecule has 2 N–H and O–H groups in total. The average molecular weight is 224 g/mol. The van der Waals surface area contributed by atoms with E-state index in [1.807, 2.05) is 6.92 Å². The lowest BCUT2D eigenvalue weighted by Crippen LogP contribution is -2.13. The Morgan fingerprint density at radius 2 is 2.25 bits per heavy atom. The molecule has 5 heteroatoms. The van der Waals surface area contributed by atoms with Gasteiger partial charge in [-0.2, -0.15) is 0 Å². The van der Waals surface area contributed by atoms with Crippen LogP contribution in [-0.4, -0.2) is 27.4 Å². The van der Waals surface area contributed by atoms with Crippen molar-refractivity contribution in [1.82, 2.24) is 10.2 Å². The van der Waals surface area contributed by atoms with E-state index in [4.69, 9.17) is 9.84 Å². The molecule has 1 aromatic rings. The van der Waals surface area contributed by atoms with E-state index in [1.165, 1.54) is 12.8 Å². The molecule has 0 aliphatic heterocycles. The third-order valence-corrected chi connectivity index (χ3v) is 2.94. The van der Waals surface area contributed by atoms with Crippen molar-refractivity contribution in [2.75, 3.05) is 0 Å². The van der Waals surface area contributed by atoms with E-state index in [0.717, 1.165) is 18.5 Å². The number of nitrogens with one attached hydrogen (secondary N) is 1. The van der Waals surface area contributed by atoms with Gasteiger partial charge >= 0.3 is 5.97 Å². The van der Waals surface area contributed by atoms with Crippen LogP contribution in [0.4, 0.5) is 0 Å².